The second kappa shape index (κ2) is 11.1. The Kier molecular flexibility index (Phi) is 7.99. The maximum absolute atomic E-state index is 13.9. The monoisotopic (exact) mass is 550 g/mol. The lowest BCUT2D eigenvalue weighted by Gasteiger charge is -2.51. The largest absolute Gasteiger partial charge is 0.508 e. The lowest BCUT2D eigenvalue weighted by Crippen LogP contribution is -2.58. The average molecular weight is 551 g/mol. The van der Waals surface area contributed by atoms with E-state index in [4.69, 9.17) is 16.3 Å². The van der Waals surface area contributed by atoms with E-state index in [1.807, 2.05) is 13.8 Å². The first-order chi connectivity index (χ1) is 18.4. The summed E-state index contributed by atoms with van der Waals surface area (Å²) in [5.41, 5.74) is -0.334. The lowest BCUT2D eigenvalue weighted by atomic mass is 9.66. The summed E-state index contributed by atoms with van der Waals surface area (Å²) in [5.74, 6) is -1.47. The van der Waals surface area contributed by atoms with Crippen molar-refractivity contribution in [3.63, 3.8) is 0 Å². The van der Waals surface area contributed by atoms with Crippen LogP contribution in [0.15, 0.2) is 72.8 Å². The molecule has 0 aliphatic carbocycles. The normalized spacial score (nSPS) is 19.2. The first kappa shape index (κ1) is 28.1. The van der Waals surface area contributed by atoms with Crippen LogP contribution in [0.4, 0.5) is 0 Å². The van der Waals surface area contributed by atoms with Gasteiger partial charge in [0.1, 0.15) is 11.8 Å². The molecule has 4 rings (SSSR count). The van der Waals surface area contributed by atoms with Gasteiger partial charge >= 0.3 is 5.97 Å². The highest BCUT2D eigenvalue weighted by atomic mass is 35.5. The summed E-state index contributed by atoms with van der Waals surface area (Å²) in [6, 6.07) is 18.0. The Morgan fingerprint density at radius 2 is 1.64 bits per heavy atom. The number of nitrogens with zero attached hydrogens (tertiary/aromatic N) is 1. The standard InChI is InChI=1S/C30H31ClN2O6/c1-29(2)18-33(16-15-30(29,38)22-9-11-23(31)12-10-22)27(36)25(19-7-13-24(34)14-8-19)32-26(35)20-5-4-6-21(17-20)28(37)39-3/h4-14,17,25,34,38H,15-16,18H2,1-3H3,(H,32,35)/t25?,30-/m0/s1. The van der Waals surface area contributed by atoms with Crippen molar-refractivity contribution in [2.75, 3.05) is 20.2 Å². The number of carbonyl (C=O) groups excluding carboxylic acids is 3. The number of carbonyl (C=O) groups is 3. The number of hydrogen-bond donors (Lipinski definition) is 3. The number of hydrogen-bond acceptors (Lipinski definition) is 6. The van der Waals surface area contributed by atoms with E-state index in [-0.39, 0.29) is 42.3 Å². The third-order valence-corrected chi connectivity index (χ3v) is 7.63. The quantitative estimate of drug-likeness (QED) is 0.391. The van der Waals surface area contributed by atoms with Gasteiger partial charge in [-0.15, -0.1) is 0 Å². The van der Waals surface area contributed by atoms with Gasteiger partial charge in [-0.1, -0.05) is 55.8 Å². The second-order valence-corrected chi connectivity index (χ2v) is 10.8. The molecule has 0 spiro atoms. The number of aliphatic hydroxyl groups is 1. The van der Waals surface area contributed by atoms with E-state index in [0.29, 0.717) is 10.6 Å². The molecule has 8 nitrogen and oxygen atoms in total. The van der Waals surface area contributed by atoms with Crippen LogP contribution in [0.25, 0.3) is 0 Å². The minimum absolute atomic E-state index is 0.0224. The van der Waals surface area contributed by atoms with Crippen LogP contribution in [-0.4, -0.2) is 53.1 Å². The van der Waals surface area contributed by atoms with Crippen LogP contribution in [0.5, 0.6) is 5.75 Å². The predicted octanol–water partition coefficient (Wildman–Crippen LogP) is 4.45. The Hall–Kier alpha value is -3.88. The summed E-state index contributed by atoms with van der Waals surface area (Å²) in [7, 11) is 1.25. The maximum atomic E-state index is 13.9. The van der Waals surface area contributed by atoms with Gasteiger partial charge in [-0.2, -0.15) is 0 Å². The summed E-state index contributed by atoms with van der Waals surface area (Å²) in [4.78, 5) is 40.8. The molecule has 9 heteroatoms. The van der Waals surface area contributed by atoms with Crippen LogP contribution in [0, 0.1) is 5.41 Å². The van der Waals surface area contributed by atoms with E-state index in [0.717, 1.165) is 5.56 Å². The van der Waals surface area contributed by atoms with Crippen molar-refractivity contribution in [2.45, 2.75) is 31.9 Å². The number of likely N-dealkylation sites (tertiary alicyclic amines) is 1. The molecule has 0 aromatic heterocycles. The number of halogens is 1. The molecular formula is C30H31ClN2O6. The van der Waals surface area contributed by atoms with Crippen LogP contribution >= 0.6 is 11.6 Å². The van der Waals surface area contributed by atoms with Crippen LogP contribution in [0.3, 0.4) is 0 Å². The zero-order valence-electron chi connectivity index (χ0n) is 22.0. The van der Waals surface area contributed by atoms with Crippen molar-refractivity contribution in [2.24, 2.45) is 5.41 Å². The average Bonchev–Trinajstić information content (AvgIpc) is 2.93. The zero-order valence-corrected chi connectivity index (χ0v) is 22.7. The van der Waals surface area contributed by atoms with E-state index in [1.54, 1.807) is 47.4 Å². The molecule has 2 atom stereocenters. The van der Waals surface area contributed by atoms with Crippen LogP contribution in [-0.2, 0) is 15.1 Å². The minimum Gasteiger partial charge on any atom is -0.508 e. The Bertz CT molecular complexity index is 1370. The van der Waals surface area contributed by atoms with Crippen LogP contribution in [0.2, 0.25) is 5.02 Å². The number of benzene rings is 3. The molecule has 0 bridgehead atoms. The van der Waals surface area contributed by atoms with Crippen molar-refractivity contribution in [1.29, 1.82) is 0 Å². The topological polar surface area (TPSA) is 116 Å². The van der Waals surface area contributed by atoms with Gasteiger partial charge in [0.2, 0.25) is 5.91 Å². The van der Waals surface area contributed by atoms with E-state index in [2.05, 4.69) is 5.32 Å². The Labute approximate surface area is 232 Å². The number of phenols is 1. The van der Waals surface area contributed by atoms with Crippen molar-refractivity contribution >= 4 is 29.4 Å². The van der Waals surface area contributed by atoms with Crippen molar-refractivity contribution in [1.82, 2.24) is 10.2 Å². The highest BCUT2D eigenvalue weighted by molar-refractivity contribution is 6.30. The van der Waals surface area contributed by atoms with Gasteiger partial charge in [0.25, 0.3) is 5.91 Å². The van der Waals surface area contributed by atoms with Gasteiger partial charge in [-0.3, -0.25) is 9.59 Å². The van der Waals surface area contributed by atoms with Gasteiger partial charge in [-0.25, -0.2) is 4.79 Å². The number of nitrogens with one attached hydrogen (secondary N) is 1. The molecule has 39 heavy (non-hydrogen) atoms. The van der Waals surface area contributed by atoms with Crippen LogP contribution in [0.1, 0.15) is 58.2 Å². The Morgan fingerprint density at radius 1 is 1.00 bits per heavy atom. The van der Waals surface area contributed by atoms with Gasteiger partial charge in [0, 0.05) is 29.1 Å². The highest BCUT2D eigenvalue weighted by Gasteiger charge is 2.50. The fourth-order valence-electron chi connectivity index (χ4n) is 5.03. The predicted molar refractivity (Wildman–Crippen MR) is 146 cm³/mol. The molecule has 0 saturated carbocycles. The molecular weight excluding hydrogens is 520 g/mol. The molecule has 204 valence electrons. The molecule has 0 radical (unpaired) electrons. The first-order valence-corrected chi connectivity index (χ1v) is 12.9. The minimum atomic E-state index is -1.19. The maximum Gasteiger partial charge on any atom is 0.337 e. The SMILES string of the molecule is COC(=O)c1cccc(C(=O)NC(C(=O)N2CC[C@](O)(c3ccc(Cl)cc3)C(C)(C)C2)c2ccc(O)cc2)c1. The van der Waals surface area contributed by atoms with Gasteiger partial charge < -0.3 is 25.2 Å². The van der Waals surface area contributed by atoms with Crippen LogP contribution < -0.4 is 5.32 Å². The van der Waals surface area contributed by atoms with Crippen molar-refractivity contribution in [3.8, 4) is 5.75 Å². The third kappa shape index (κ3) is 5.77. The molecule has 3 N–H and O–H groups in total. The Morgan fingerprint density at radius 3 is 2.26 bits per heavy atom. The molecule has 1 aliphatic heterocycles. The number of amides is 2. The molecule has 3 aromatic carbocycles. The molecule has 1 fully saturated rings. The number of ether oxygens (including phenoxy) is 1. The van der Waals surface area contributed by atoms with Crippen molar-refractivity contribution < 1.29 is 29.3 Å². The summed E-state index contributed by atoms with van der Waals surface area (Å²) >= 11 is 6.04. The number of rotatable bonds is 6. The number of aromatic hydroxyl groups is 1. The second-order valence-electron chi connectivity index (χ2n) is 10.3. The van der Waals surface area contributed by atoms with E-state index in [1.165, 1.54) is 37.4 Å². The number of piperidine rings is 1. The number of phenolic OH excluding ortho intramolecular Hbond substituents is 1. The molecule has 2 amide bonds. The summed E-state index contributed by atoms with van der Waals surface area (Å²) in [6.45, 7) is 4.28. The fraction of sp³-hybridized carbons (Fsp3) is 0.300. The van der Waals surface area contributed by atoms with E-state index >= 15 is 0 Å². The van der Waals surface area contributed by atoms with Crippen molar-refractivity contribution in [3.05, 3.63) is 100 Å². The van der Waals surface area contributed by atoms with Gasteiger partial charge in [-0.05, 0) is 60.0 Å². The van der Waals surface area contributed by atoms with E-state index in [9.17, 15) is 24.6 Å². The highest BCUT2D eigenvalue weighted by Crippen LogP contribution is 2.46. The number of methoxy groups -OCH3 is 1. The zero-order chi connectivity index (χ0) is 28.4. The number of esters is 1. The third-order valence-electron chi connectivity index (χ3n) is 7.38. The smallest absolute Gasteiger partial charge is 0.337 e. The Balaban J connectivity index is 1.61. The lowest BCUT2D eigenvalue weighted by molar-refractivity contribution is -0.155. The van der Waals surface area contributed by atoms with E-state index < -0.39 is 28.9 Å². The molecule has 1 aliphatic rings. The van der Waals surface area contributed by atoms with Gasteiger partial charge in [0.05, 0.1) is 18.3 Å². The summed E-state index contributed by atoms with van der Waals surface area (Å²) in [6.07, 6.45) is 0.283. The molecule has 3 aromatic rings. The van der Waals surface area contributed by atoms with Gasteiger partial charge in [0.15, 0.2) is 0 Å². The molecule has 1 heterocycles. The summed E-state index contributed by atoms with van der Waals surface area (Å²) < 4.78 is 4.74. The molecule has 1 unspecified atom stereocenters. The first-order valence-electron chi connectivity index (χ1n) is 12.5. The summed E-state index contributed by atoms with van der Waals surface area (Å²) in [5, 5.41) is 24.9. The fourth-order valence-corrected chi connectivity index (χ4v) is 5.15. The molecule has 1 saturated heterocycles.